The summed E-state index contributed by atoms with van der Waals surface area (Å²) in [5, 5.41) is 5.30. The molecule has 0 aliphatic heterocycles. The first-order chi connectivity index (χ1) is 9.43. The number of carbonyl (C=O) groups excluding carboxylic acids is 3. The van der Waals surface area contributed by atoms with E-state index in [9.17, 15) is 14.4 Å². The van der Waals surface area contributed by atoms with Crippen molar-refractivity contribution in [3.05, 3.63) is 34.9 Å². The van der Waals surface area contributed by atoms with Crippen LogP contribution in [0, 0.1) is 0 Å². The van der Waals surface area contributed by atoms with Gasteiger partial charge in [-0.2, -0.15) is 0 Å². The van der Waals surface area contributed by atoms with Crippen molar-refractivity contribution in [2.75, 3.05) is 13.7 Å². The van der Waals surface area contributed by atoms with Gasteiger partial charge in [0, 0.05) is 17.6 Å². The van der Waals surface area contributed by atoms with Crippen LogP contribution in [0.4, 0.5) is 0 Å². The van der Waals surface area contributed by atoms with Crippen molar-refractivity contribution < 1.29 is 19.1 Å². The molecule has 1 rings (SSSR count). The Morgan fingerprint density at radius 2 is 1.85 bits per heavy atom. The van der Waals surface area contributed by atoms with E-state index in [2.05, 4.69) is 10.6 Å². The first kappa shape index (κ1) is 16.0. The highest BCUT2D eigenvalue weighted by atomic mass is 35.5. The predicted molar refractivity (Wildman–Crippen MR) is 73.4 cm³/mol. The number of ether oxygens (including phenoxy) is 1. The van der Waals surface area contributed by atoms with Crippen molar-refractivity contribution in [3.8, 4) is 0 Å². The van der Waals surface area contributed by atoms with Crippen LogP contribution in [0.25, 0.3) is 0 Å². The van der Waals surface area contributed by atoms with E-state index < -0.39 is 23.8 Å². The molecule has 0 unspecified atom stereocenters. The van der Waals surface area contributed by atoms with Gasteiger partial charge in [0.1, 0.15) is 6.04 Å². The fraction of sp³-hybridized carbons (Fsp3) is 0.308. The van der Waals surface area contributed by atoms with E-state index in [0.717, 1.165) is 0 Å². The lowest BCUT2D eigenvalue weighted by atomic mass is 10.2. The number of amides is 2. The first-order valence-electron chi connectivity index (χ1n) is 5.87. The van der Waals surface area contributed by atoms with E-state index in [-0.39, 0.29) is 6.61 Å². The van der Waals surface area contributed by atoms with Gasteiger partial charge in [-0.15, -0.1) is 0 Å². The second-order valence-corrected chi connectivity index (χ2v) is 4.42. The zero-order valence-corrected chi connectivity index (χ0v) is 11.9. The minimum atomic E-state index is -0.858. The lowest BCUT2D eigenvalue weighted by molar-refractivity contribution is -0.149. The summed E-state index contributed by atoms with van der Waals surface area (Å²) in [7, 11) is 1.43. The maximum absolute atomic E-state index is 11.8. The van der Waals surface area contributed by atoms with Crippen molar-refractivity contribution >= 4 is 29.4 Å². The molecule has 0 fully saturated rings. The van der Waals surface area contributed by atoms with Gasteiger partial charge in [-0.05, 0) is 31.2 Å². The topological polar surface area (TPSA) is 84.5 Å². The zero-order chi connectivity index (χ0) is 15.1. The number of rotatable bonds is 5. The Bertz CT molecular complexity index is 502. The highest BCUT2D eigenvalue weighted by Gasteiger charge is 2.18. The molecule has 0 radical (unpaired) electrons. The molecular weight excluding hydrogens is 284 g/mol. The molecule has 0 spiro atoms. The summed E-state index contributed by atoms with van der Waals surface area (Å²) in [5.41, 5.74) is 0.375. The van der Waals surface area contributed by atoms with Crippen LogP contribution in [0.5, 0.6) is 0 Å². The Morgan fingerprint density at radius 1 is 1.25 bits per heavy atom. The van der Waals surface area contributed by atoms with Gasteiger partial charge >= 0.3 is 5.97 Å². The largest absolute Gasteiger partial charge is 0.454 e. The van der Waals surface area contributed by atoms with Crippen molar-refractivity contribution in [2.45, 2.75) is 13.0 Å². The predicted octanol–water partition coefficient (Wildman–Crippen LogP) is 0.748. The minimum absolute atomic E-state index is 0.375. The molecule has 1 atom stereocenters. The second-order valence-electron chi connectivity index (χ2n) is 3.98. The Balaban J connectivity index is 2.50. The van der Waals surface area contributed by atoms with Gasteiger partial charge in [-0.25, -0.2) is 4.79 Å². The Hall–Kier alpha value is -2.08. The molecule has 0 aromatic heterocycles. The normalized spacial score (nSPS) is 11.3. The van der Waals surface area contributed by atoms with E-state index >= 15 is 0 Å². The molecule has 0 saturated carbocycles. The summed E-state index contributed by atoms with van der Waals surface area (Å²) in [6, 6.07) is 5.37. The average Bonchev–Trinajstić information content (AvgIpc) is 2.44. The monoisotopic (exact) mass is 298 g/mol. The molecular formula is C13H15ClN2O4. The van der Waals surface area contributed by atoms with Crippen molar-refractivity contribution in [3.63, 3.8) is 0 Å². The van der Waals surface area contributed by atoms with Crippen LogP contribution in [0.2, 0.25) is 5.02 Å². The number of halogens is 1. The van der Waals surface area contributed by atoms with E-state index in [4.69, 9.17) is 16.3 Å². The minimum Gasteiger partial charge on any atom is -0.454 e. The van der Waals surface area contributed by atoms with Crippen LogP contribution in [-0.4, -0.2) is 37.5 Å². The lowest BCUT2D eigenvalue weighted by Crippen LogP contribution is -2.40. The second kappa shape index (κ2) is 7.49. The van der Waals surface area contributed by atoms with Gasteiger partial charge in [0.2, 0.25) is 0 Å². The standard InChI is InChI=1S/C13H15ClN2O4/c1-8(13(19)20-7-11(17)15-2)16-12(18)9-3-5-10(14)6-4-9/h3-6,8H,7H2,1-2H3,(H,15,17)(H,16,18)/t8-/m0/s1. The number of hydrogen-bond acceptors (Lipinski definition) is 4. The quantitative estimate of drug-likeness (QED) is 0.786. The molecule has 2 N–H and O–H groups in total. The fourth-order valence-electron chi connectivity index (χ4n) is 1.27. The van der Waals surface area contributed by atoms with E-state index in [1.54, 1.807) is 24.3 Å². The van der Waals surface area contributed by atoms with Crippen LogP contribution < -0.4 is 10.6 Å². The molecule has 0 saturated heterocycles. The average molecular weight is 299 g/mol. The highest BCUT2D eigenvalue weighted by Crippen LogP contribution is 2.09. The number of nitrogens with one attached hydrogen (secondary N) is 2. The van der Waals surface area contributed by atoms with Crippen molar-refractivity contribution in [1.29, 1.82) is 0 Å². The van der Waals surface area contributed by atoms with Crippen LogP contribution >= 0.6 is 11.6 Å². The summed E-state index contributed by atoms with van der Waals surface area (Å²) in [5.74, 6) is -1.53. The Labute approximate surface area is 121 Å². The maximum Gasteiger partial charge on any atom is 0.328 e. The molecule has 1 aromatic carbocycles. The molecule has 0 bridgehead atoms. The Kier molecular flexibility index (Phi) is 5.99. The molecule has 20 heavy (non-hydrogen) atoms. The van der Waals surface area contributed by atoms with Gasteiger partial charge in [-0.1, -0.05) is 11.6 Å². The smallest absolute Gasteiger partial charge is 0.328 e. The first-order valence-corrected chi connectivity index (χ1v) is 6.25. The summed E-state index contributed by atoms with van der Waals surface area (Å²) >= 11 is 5.71. The molecule has 6 nitrogen and oxygen atoms in total. The van der Waals surface area contributed by atoms with Crippen LogP contribution in [0.3, 0.4) is 0 Å². The molecule has 0 aliphatic rings. The van der Waals surface area contributed by atoms with Crippen LogP contribution in [-0.2, 0) is 14.3 Å². The molecule has 108 valence electrons. The summed E-state index contributed by atoms with van der Waals surface area (Å²) in [6.07, 6.45) is 0. The van der Waals surface area contributed by atoms with Crippen LogP contribution in [0.15, 0.2) is 24.3 Å². The number of benzene rings is 1. The third-order valence-electron chi connectivity index (χ3n) is 2.43. The molecule has 7 heteroatoms. The molecule has 1 aromatic rings. The molecule has 0 aliphatic carbocycles. The van der Waals surface area contributed by atoms with Gasteiger partial charge in [0.15, 0.2) is 6.61 Å². The fourth-order valence-corrected chi connectivity index (χ4v) is 1.40. The maximum atomic E-state index is 11.8. The number of esters is 1. The van der Waals surface area contributed by atoms with Crippen molar-refractivity contribution in [2.24, 2.45) is 0 Å². The number of hydrogen-bond donors (Lipinski definition) is 2. The van der Waals surface area contributed by atoms with Gasteiger partial charge in [-0.3, -0.25) is 9.59 Å². The van der Waals surface area contributed by atoms with E-state index in [0.29, 0.717) is 10.6 Å². The number of likely N-dealkylation sites (N-methyl/N-ethyl adjacent to an activating group) is 1. The summed E-state index contributed by atoms with van der Waals surface area (Å²) < 4.78 is 4.73. The van der Waals surface area contributed by atoms with Crippen LogP contribution in [0.1, 0.15) is 17.3 Å². The van der Waals surface area contributed by atoms with Gasteiger partial charge < -0.3 is 15.4 Å². The summed E-state index contributed by atoms with van der Waals surface area (Å²) in [4.78, 5) is 34.3. The summed E-state index contributed by atoms with van der Waals surface area (Å²) in [6.45, 7) is 1.09. The third kappa shape index (κ3) is 4.89. The van der Waals surface area contributed by atoms with E-state index in [1.165, 1.54) is 14.0 Å². The van der Waals surface area contributed by atoms with Crippen molar-refractivity contribution in [1.82, 2.24) is 10.6 Å². The molecule has 0 heterocycles. The van der Waals surface area contributed by atoms with Gasteiger partial charge in [0.25, 0.3) is 11.8 Å². The Morgan fingerprint density at radius 3 is 2.40 bits per heavy atom. The zero-order valence-electron chi connectivity index (χ0n) is 11.1. The third-order valence-corrected chi connectivity index (χ3v) is 2.68. The lowest BCUT2D eigenvalue weighted by Gasteiger charge is -2.13. The van der Waals surface area contributed by atoms with E-state index in [1.807, 2.05) is 0 Å². The SMILES string of the molecule is CNC(=O)COC(=O)[C@H](C)NC(=O)c1ccc(Cl)cc1. The number of carbonyl (C=O) groups is 3. The highest BCUT2D eigenvalue weighted by molar-refractivity contribution is 6.30. The van der Waals surface area contributed by atoms with Gasteiger partial charge in [0.05, 0.1) is 0 Å². The molecule has 2 amide bonds.